The minimum atomic E-state index is -0.609. The van der Waals surface area contributed by atoms with Crippen molar-refractivity contribution >= 4 is 11.8 Å². The second-order valence-electron chi connectivity index (χ2n) is 5.25. The predicted molar refractivity (Wildman–Crippen MR) is 74.3 cm³/mol. The zero-order valence-electron chi connectivity index (χ0n) is 11.7. The van der Waals surface area contributed by atoms with Crippen LogP contribution >= 0.6 is 0 Å². The van der Waals surface area contributed by atoms with Gasteiger partial charge in [-0.3, -0.25) is 9.59 Å². The van der Waals surface area contributed by atoms with Gasteiger partial charge in [-0.25, -0.2) is 0 Å². The Labute approximate surface area is 117 Å². The van der Waals surface area contributed by atoms with Crippen LogP contribution in [-0.2, 0) is 4.79 Å². The second-order valence-corrected chi connectivity index (χ2v) is 5.25. The molecule has 4 N–H and O–H groups in total. The van der Waals surface area contributed by atoms with Crippen LogP contribution in [0.15, 0.2) is 24.3 Å². The Morgan fingerprint density at radius 1 is 1.35 bits per heavy atom. The third-order valence-electron chi connectivity index (χ3n) is 2.70. The summed E-state index contributed by atoms with van der Waals surface area (Å²) in [4.78, 5) is 22.8. The lowest BCUT2D eigenvalue weighted by Crippen LogP contribution is -2.38. The average Bonchev–Trinajstić information content (AvgIpc) is 2.43. The molecule has 2 amide bonds. The van der Waals surface area contributed by atoms with E-state index < -0.39 is 5.91 Å². The highest BCUT2D eigenvalue weighted by Crippen LogP contribution is 2.17. The molecule has 6 nitrogen and oxygen atoms in total. The van der Waals surface area contributed by atoms with E-state index in [0.29, 0.717) is 6.54 Å². The van der Waals surface area contributed by atoms with E-state index in [1.165, 1.54) is 6.07 Å². The minimum absolute atomic E-state index is 0.0291. The van der Waals surface area contributed by atoms with Gasteiger partial charge in [-0.15, -0.1) is 0 Å². The number of hydrogen-bond donors (Lipinski definition) is 3. The molecule has 110 valence electrons. The van der Waals surface area contributed by atoms with E-state index in [2.05, 4.69) is 5.32 Å². The first-order chi connectivity index (χ1) is 9.35. The maximum absolute atomic E-state index is 11.6. The smallest absolute Gasteiger partial charge is 0.257 e. The van der Waals surface area contributed by atoms with Crippen LogP contribution in [0.4, 0.5) is 0 Å². The van der Waals surface area contributed by atoms with Gasteiger partial charge in [0.05, 0.1) is 5.56 Å². The molecule has 0 aliphatic rings. The molecule has 0 aliphatic heterocycles. The Bertz CT molecular complexity index is 486. The normalized spacial score (nSPS) is 10.9. The van der Waals surface area contributed by atoms with Crippen LogP contribution in [0.25, 0.3) is 0 Å². The van der Waals surface area contributed by atoms with E-state index in [0.717, 1.165) is 0 Å². The van der Waals surface area contributed by atoms with Crippen LogP contribution in [0.3, 0.4) is 0 Å². The van der Waals surface area contributed by atoms with E-state index >= 15 is 0 Å². The first kappa shape index (κ1) is 16.0. The van der Waals surface area contributed by atoms with E-state index in [1.807, 2.05) is 13.8 Å². The Balaban J connectivity index is 2.52. The molecular weight excluding hydrogens is 260 g/mol. The van der Waals surface area contributed by atoms with Crippen molar-refractivity contribution in [1.82, 2.24) is 5.32 Å². The van der Waals surface area contributed by atoms with Gasteiger partial charge in [-0.05, 0) is 12.1 Å². The van der Waals surface area contributed by atoms with Crippen molar-refractivity contribution in [1.29, 1.82) is 0 Å². The van der Waals surface area contributed by atoms with Crippen LogP contribution in [0.1, 0.15) is 24.2 Å². The largest absolute Gasteiger partial charge is 0.483 e. The highest BCUT2D eigenvalue weighted by molar-refractivity contribution is 5.95. The molecule has 20 heavy (non-hydrogen) atoms. The second kappa shape index (κ2) is 6.91. The third-order valence-corrected chi connectivity index (χ3v) is 2.70. The van der Waals surface area contributed by atoms with Crippen LogP contribution in [0.5, 0.6) is 5.75 Å². The number of nitrogens with two attached hydrogens (primary N) is 1. The summed E-state index contributed by atoms with van der Waals surface area (Å²) in [6, 6.07) is 6.46. The van der Waals surface area contributed by atoms with Crippen molar-refractivity contribution in [2.75, 3.05) is 19.8 Å². The van der Waals surface area contributed by atoms with Crippen molar-refractivity contribution < 1.29 is 19.4 Å². The van der Waals surface area contributed by atoms with Gasteiger partial charge in [-0.1, -0.05) is 26.0 Å². The van der Waals surface area contributed by atoms with Crippen LogP contribution in [0, 0.1) is 5.41 Å². The summed E-state index contributed by atoms with van der Waals surface area (Å²) < 4.78 is 5.28. The molecular formula is C14H20N2O4. The molecule has 0 bridgehead atoms. The number of aliphatic hydroxyl groups is 1. The van der Waals surface area contributed by atoms with E-state index in [4.69, 9.17) is 15.6 Å². The summed E-state index contributed by atoms with van der Waals surface area (Å²) in [5.74, 6) is -0.662. The van der Waals surface area contributed by atoms with Crippen LogP contribution < -0.4 is 15.8 Å². The van der Waals surface area contributed by atoms with Gasteiger partial charge in [0, 0.05) is 18.6 Å². The fourth-order valence-corrected chi connectivity index (χ4v) is 1.38. The fourth-order valence-electron chi connectivity index (χ4n) is 1.38. The Morgan fingerprint density at radius 2 is 2.00 bits per heavy atom. The molecule has 0 aliphatic carbocycles. The summed E-state index contributed by atoms with van der Waals surface area (Å²) in [5.41, 5.74) is 5.05. The standard InChI is InChI=1S/C14H20N2O4/c1-14(2,9-17)8-16-12(18)7-20-11-6-4-3-5-10(11)13(15)19/h3-6,17H,7-9H2,1-2H3,(H2,15,19)(H,16,18). The van der Waals surface area contributed by atoms with Crippen LogP contribution in [0.2, 0.25) is 0 Å². The van der Waals surface area contributed by atoms with E-state index in [-0.39, 0.29) is 35.8 Å². The molecule has 0 saturated carbocycles. The lowest BCUT2D eigenvalue weighted by Gasteiger charge is -2.21. The molecule has 1 aromatic rings. The van der Waals surface area contributed by atoms with Crippen molar-refractivity contribution in [2.45, 2.75) is 13.8 Å². The molecule has 0 heterocycles. The topological polar surface area (TPSA) is 102 Å². The highest BCUT2D eigenvalue weighted by atomic mass is 16.5. The Hall–Kier alpha value is -2.08. The van der Waals surface area contributed by atoms with E-state index in [1.54, 1.807) is 18.2 Å². The van der Waals surface area contributed by atoms with Gasteiger partial charge in [-0.2, -0.15) is 0 Å². The van der Waals surface area contributed by atoms with Crippen molar-refractivity contribution in [2.24, 2.45) is 11.1 Å². The van der Waals surface area contributed by atoms with Crippen LogP contribution in [-0.4, -0.2) is 36.7 Å². The number of carbonyl (C=O) groups is 2. The molecule has 0 radical (unpaired) electrons. The van der Waals surface area contributed by atoms with Gasteiger partial charge in [0.2, 0.25) is 0 Å². The molecule has 0 saturated heterocycles. The molecule has 0 atom stereocenters. The van der Waals surface area contributed by atoms with Crippen molar-refractivity contribution in [3.63, 3.8) is 0 Å². The van der Waals surface area contributed by atoms with Gasteiger partial charge < -0.3 is 20.9 Å². The maximum atomic E-state index is 11.6. The molecule has 0 spiro atoms. The number of aliphatic hydroxyl groups excluding tert-OH is 1. The summed E-state index contributed by atoms with van der Waals surface area (Å²) in [7, 11) is 0. The molecule has 0 unspecified atom stereocenters. The third kappa shape index (κ3) is 4.89. The number of ether oxygens (including phenoxy) is 1. The molecule has 6 heteroatoms. The number of carbonyl (C=O) groups excluding carboxylic acids is 2. The summed E-state index contributed by atoms with van der Waals surface area (Å²) in [6.45, 7) is 3.75. The van der Waals surface area contributed by atoms with Gasteiger partial charge in [0.25, 0.3) is 11.8 Å². The van der Waals surface area contributed by atoms with Gasteiger partial charge in [0.15, 0.2) is 6.61 Å². The molecule has 0 fully saturated rings. The monoisotopic (exact) mass is 280 g/mol. The number of benzene rings is 1. The summed E-state index contributed by atoms with van der Waals surface area (Å²) in [6.07, 6.45) is 0. The van der Waals surface area contributed by atoms with Gasteiger partial charge in [0.1, 0.15) is 5.75 Å². The zero-order valence-corrected chi connectivity index (χ0v) is 11.7. The number of para-hydroxylation sites is 1. The Morgan fingerprint density at radius 3 is 2.60 bits per heavy atom. The van der Waals surface area contributed by atoms with Crippen molar-refractivity contribution in [3.05, 3.63) is 29.8 Å². The first-order valence-electron chi connectivity index (χ1n) is 6.25. The molecule has 0 aromatic heterocycles. The SMILES string of the molecule is CC(C)(CO)CNC(=O)COc1ccccc1C(N)=O. The summed E-state index contributed by atoms with van der Waals surface area (Å²) in [5, 5.41) is 11.7. The highest BCUT2D eigenvalue weighted by Gasteiger charge is 2.18. The number of amides is 2. The number of primary amides is 1. The van der Waals surface area contributed by atoms with Crippen molar-refractivity contribution in [3.8, 4) is 5.75 Å². The predicted octanol–water partition coefficient (Wildman–Crippen LogP) is 0.299. The number of rotatable bonds is 7. The Kier molecular flexibility index (Phi) is 5.52. The van der Waals surface area contributed by atoms with E-state index in [9.17, 15) is 9.59 Å². The molecule has 1 aromatic carbocycles. The quantitative estimate of drug-likeness (QED) is 0.668. The lowest BCUT2D eigenvalue weighted by molar-refractivity contribution is -0.123. The molecule has 1 rings (SSSR count). The van der Waals surface area contributed by atoms with Gasteiger partial charge >= 0.3 is 0 Å². The zero-order chi connectivity index (χ0) is 15.2. The first-order valence-corrected chi connectivity index (χ1v) is 6.25. The fraction of sp³-hybridized carbons (Fsp3) is 0.429. The maximum Gasteiger partial charge on any atom is 0.257 e. The lowest BCUT2D eigenvalue weighted by atomic mass is 9.95. The number of hydrogen-bond acceptors (Lipinski definition) is 4. The average molecular weight is 280 g/mol. The minimum Gasteiger partial charge on any atom is -0.483 e. The number of nitrogens with one attached hydrogen (secondary N) is 1. The summed E-state index contributed by atoms with van der Waals surface area (Å²) >= 11 is 0.